The first-order valence-corrected chi connectivity index (χ1v) is 11.4. The van der Waals surface area contributed by atoms with Crippen LogP contribution in [0.25, 0.3) is 0 Å². The summed E-state index contributed by atoms with van der Waals surface area (Å²) >= 11 is 0. The molecule has 2 fully saturated rings. The van der Waals surface area contributed by atoms with E-state index in [1.807, 2.05) is 0 Å². The molecule has 158 valence electrons. The van der Waals surface area contributed by atoms with Crippen molar-refractivity contribution in [2.75, 3.05) is 72.5 Å². The van der Waals surface area contributed by atoms with Gasteiger partial charge in [0.1, 0.15) is 0 Å². The molecular weight excluding hydrogens is 336 g/mol. The van der Waals surface area contributed by atoms with E-state index in [0.29, 0.717) is 0 Å². The molecule has 6 heteroatoms. The topological polar surface area (TPSA) is 46.1 Å². The third-order valence-electron chi connectivity index (χ3n) is 5.97. The number of nitrogens with one attached hydrogen (secondary N) is 2. The molecule has 1 atom stereocenters. The van der Waals surface area contributed by atoms with Gasteiger partial charge in [0.05, 0.1) is 0 Å². The molecule has 0 aromatic heterocycles. The lowest BCUT2D eigenvalue weighted by atomic mass is 10.0. The minimum atomic E-state index is 0.785. The monoisotopic (exact) mass is 380 g/mol. The predicted octanol–water partition coefficient (Wildman–Crippen LogP) is 1.83. The van der Waals surface area contributed by atoms with Gasteiger partial charge in [-0.15, -0.1) is 0 Å². The standard InChI is InChI=1S/C21H44N6/c1-4-20-10-6-7-16-27(20)17-12-24-21(22-5-2)23-11-8-14-26-15-9-13-25(3)18-19-26/h20H,4-19H2,1-3H3,(H2,22,23,24). The number of aliphatic imine (C=N–C) groups is 1. The molecule has 0 aromatic carbocycles. The lowest BCUT2D eigenvalue weighted by Crippen LogP contribution is -2.46. The molecule has 0 amide bonds. The third kappa shape index (κ3) is 8.79. The van der Waals surface area contributed by atoms with Crippen molar-refractivity contribution in [2.24, 2.45) is 4.99 Å². The highest BCUT2D eigenvalue weighted by Gasteiger charge is 2.20. The number of likely N-dealkylation sites (tertiary alicyclic amines) is 1. The molecule has 0 radical (unpaired) electrons. The first-order chi connectivity index (χ1) is 13.2. The fourth-order valence-electron chi connectivity index (χ4n) is 4.29. The molecule has 6 nitrogen and oxygen atoms in total. The molecule has 1 unspecified atom stereocenters. The first-order valence-electron chi connectivity index (χ1n) is 11.4. The van der Waals surface area contributed by atoms with Gasteiger partial charge < -0.3 is 20.4 Å². The summed E-state index contributed by atoms with van der Waals surface area (Å²) in [5.41, 5.74) is 0. The Kier molecular flexibility index (Phi) is 11.1. The van der Waals surface area contributed by atoms with Crippen molar-refractivity contribution < 1.29 is 0 Å². The Bertz CT molecular complexity index is 413. The number of guanidine groups is 1. The van der Waals surface area contributed by atoms with Crippen LogP contribution < -0.4 is 10.6 Å². The number of rotatable bonds is 9. The predicted molar refractivity (Wildman–Crippen MR) is 117 cm³/mol. The van der Waals surface area contributed by atoms with Gasteiger partial charge in [-0.25, -0.2) is 0 Å². The molecule has 0 aromatic rings. The molecule has 27 heavy (non-hydrogen) atoms. The molecule has 2 heterocycles. The molecule has 2 saturated heterocycles. The van der Waals surface area contributed by atoms with Crippen LogP contribution in [0.15, 0.2) is 4.99 Å². The van der Waals surface area contributed by atoms with E-state index in [1.165, 1.54) is 71.4 Å². The molecular formula is C21H44N6. The van der Waals surface area contributed by atoms with Gasteiger partial charge in [-0.3, -0.25) is 9.89 Å². The summed E-state index contributed by atoms with van der Waals surface area (Å²) in [6.45, 7) is 15.7. The fraction of sp³-hybridized carbons (Fsp3) is 0.952. The lowest BCUT2D eigenvalue weighted by molar-refractivity contribution is 0.147. The third-order valence-corrected chi connectivity index (χ3v) is 5.97. The Balaban J connectivity index is 1.65. The fourth-order valence-corrected chi connectivity index (χ4v) is 4.29. The summed E-state index contributed by atoms with van der Waals surface area (Å²) in [7, 11) is 2.23. The van der Waals surface area contributed by atoms with Crippen LogP contribution in [0.5, 0.6) is 0 Å². The Morgan fingerprint density at radius 3 is 2.67 bits per heavy atom. The highest BCUT2D eigenvalue weighted by Crippen LogP contribution is 2.18. The average Bonchev–Trinajstić information content (AvgIpc) is 2.89. The van der Waals surface area contributed by atoms with Gasteiger partial charge >= 0.3 is 0 Å². The maximum atomic E-state index is 4.80. The van der Waals surface area contributed by atoms with E-state index in [2.05, 4.69) is 46.2 Å². The Hall–Kier alpha value is -0.850. The normalized spacial score (nSPS) is 24.0. The van der Waals surface area contributed by atoms with E-state index in [9.17, 15) is 0 Å². The zero-order valence-corrected chi connectivity index (χ0v) is 18.2. The van der Waals surface area contributed by atoms with Crippen molar-refractivity contribution in [1.29, 1.82) is 0 Å². The molecule has 0 spiro atoms. The van der Waals surface area contributed by atoms with Crippen LogP contribution in [-0.2, 0) is 0 Å². The van der Waals surface area contributed by atoms with Crippen LogP contribution in [0.4, 0.5) is 0 Å². The molecule has 0 saturated carbocycles. The summed E-state index contributed by atoms with van der Waals surface area (Å²) in [6, 6.07) is 0.785. The summed E-state index contributed by atoms with van der Waals surface area (Å²) in [5, 5.41) is 6.94. The van der Waals surface area contributed by atoms with Crippen molar-refractivity contribution in [3.05, 3.63) is 0 Å². The van der Waals surface area contributed by atoms with Gasteiger partial charge in [-0.05, 0) is 72.3 Å². The van der Waals surface area contributed by atoms with Gasteiger partial charge in [0, 0.05) is 45.3 Å². The van der Waals surface area contributed by atoms with Crippen LogP contribution in [0.3, 0.4) is 0 Å². The maximum Gasteiger partial charge on any atom is 0.191 e. The second-order valence-electron chi connectivity index (χ2n) is 8.13. The Labute approximate surface area is 167 Å². The molecule has 0 bridgehead atoms. The Morgan fingerprint density at radius 2 is 1.85 bits per heavy atom. The lowest BCUT2D eigenvalue weighted by Gasteiger charge is -2.35. The van der Waals surface area contributed by atoms with Crippen molar-refractivity contribution in [2.45, 2.75) is 58.4 Å². The van der Waals surface area contributed by atoms with Gasteiger partial charge in [-0.1, -0.05) is 13.3 Å². The van der Waals surface area contributed by atoms with Gasteiger partial charge in [0.2, 0.25) is 0 Å². The second-order valence-corrected chi connectivity index (χ2v) is 8.13. The minimum Gasteiger partial charge on any atom is -0.357 e. The highest BCUT2D eigenvalue weighted by atomic mass is 15.2. The van der Waals surface area contributed by atoms with Crippen LogP contribution in [-0.4, -0.2) is 99.2 Å². The summed E-state index contributed by atoms with van der Waals surface area (Å²) in [4.78, 5) is 12.5. The van der Waals surface area contributed by atoms with E-state index in [0.717, 1.165) is 44.6 Å². The molecule has 0 aliphatic carbocycles. The minimum absolute atomic E-state index is 0.785. The van der Waals surface area contributed by atoms with E-state index in [-0.39, 0.29) is 0 Å². The molecule has 2 aliphatic heterocycles. The van der Waals surface area contributed by atoms with Crippen LogP contribution in [0, 0.1) is 0 Å². The van der Waals surface area contributed by atoms with Crippen molar-refractivity contribution in [3.63, 3.8) is 0 Å². The smallest absolute Gasteiger partial charge is 0.191 e. The number of hydrogen-bond donors (Lipinski definition) is 2. The van der Waals surface area contributed by atoms with E-state index in [4.69, 9.17) is 4.99 Å². The van der Waals surface area contributed by atoms with E-state index >= 15 is 0 Å². The van der Waals surface area contributed by atoms with Gasteiger partial charge in [0.15, 0.2) is 5.96 Å². The van der Waals surface area contributed by atoms with Crippen molar-refractivity contribution in [3.8, 4) is 0 Å². The number of nitrogens with zero attached hydrogens (tertiary/aromatic N) is 4. The summed E-state index contributed by atoms with van der Waals surface area (Å²) in [6.07, 6.45) is 7.84. The number of likely N-dealkylation sites (N-methyl/N-ethyl adjacent to an activating group) is 1. The summed E-state index contributed by atoms with van der Waals surface area (Å²) in [5.74, 6) is 0.984. The Morgan fingerprint density at radius 1 is 0.963 bits per heavy atom. The van der Waals surface area contributed by atoms with Gasteiger partial charge in [-0.2, -0.15) is 0 Å². The quantitative estimate of drug-likeness (QED) is 0.363. The average molecular weight is 381 g/mol. The van der Waals surface area contributed by atoms with Crippen LogP contribution in [0.2, 0.25) is 0 Å². The SMILES string of the molecule is CCNC(=NCCCN1CCCN(C)CC1)NCCN1CCCCC1CC. The van der Waals surface area contributed by atoms with Crippen LogP contribution >= 0.6 is 0 Å². The second kappa shape index (κ2) is 13.3. The highest BCUT2D eigenvalue weighted by molar-refractivity contribution is 5.79. The first kappa shape index (κ1) is 22.4. The van der Waals surface area contributed by atoms with Crippen molar-refractivity contribution in [1.82, 2.24) is 25.3 Å². The molecule has 2 N–H and O–H groups in total. The molecule has 2 rings (SSSR count). The number of hydrogen-bond acceptors (Lipinski definition) is 4. The number of piperidine rings is 1. The van der Waals surface area contributed by atoms with Gasteiger partial charge in [0.25, 0.3) is 0 Å². The van der Waals surface area contributed by atoms with E-state index in [1.54, 1.807) is 0 Å². The zero-order valence-electron chi connectivity index (χ0n) is 18.2. The maximum absolute atomic E-state index is 4.80. The summed E-state index contributed by atoms with van der Waals surface area (Å²) < 4.78 is 0. The van der Waals surface area contributed by atoms with Crippen LogP contribution in [0.1, 0.15) is 52.4 Å². The van der Waals surface area contributed by atoms with Crippen molar-refractivity contribution >= 4 is 5.96 Å². The van der Waals surface area contributed by atoms with E-state index < -0.39 is 0 Å². The molecule has 2 aliphatic rings. The largest absolute Gasteiger partial charge is 0.357 e. The zero-order chi connectivity index (χ0) is 19.3.